The monoisotopic (exact) mass is 308 g/mol. The fourth-order valence-electron chi connectivity index (χ4n) is 2.46. The molecule has 0 bridgehead atoms. The zero-order chi connectivity index (χ0) is 13.9. The van der Waals surface area contributed by atoms with Gasteiger partial charge in [0, 0.05) is 19.1 Å². The van der Waals surface area contributed by atoms with Gasteiger partial charge in [0.1, 0.15) is 0 Å². The molecule has 0 aliphatic carbocycles. The summed E-state index contributed by atoms with van der Waals surface area (Å²) in [7, 11) is -3.54. The van der Waals surface area contributed by atoms with Crippen LogP contribution in [0.3, 0.4) is 0 Å². The lowest BCUT2D eigenvalue weighted by atomic mass is 10.0. The highest BCUT2D eigenvalue weighted by Crippen LogP contribution is 2.21. The Morgan fingerprint density at radius 2 is 1.95 bits per heavy atom. The van der Waals surface area contributed by atoms with Crippen LogP contribution in [0, 0.1) is 5.92 Å². The third-order valence-corrected chi connectivity index (χ3v) is 6.30. The number of carbonyl (C=O) groups is 1. The molecule has 0 aromatic heterocycles. The van der Waals surface area contributed by atoms with Crippen LogP contribution in [0.2, 0.25) is 0 Å². The second kappa shape index (κ2) is 6.43. The molecule has 2 fully saturated rings. The van der Waals surface area contributed by atoms with E-state index in [0.717, 1.165) is 24.3 Å². The second-order valence-corrected chi connectivity index (χ2v) is 7.97. The predicted octanol–water partition coefficient (Wildman–Crippen LogP) is 0.513. The molecule has 2 rings (SSSR count). The van der Waals surface area contributed by atoms with E-state index in [0.29, 0.717) is 19.4 Å². The Bertz CT molecular complexity index is 420. The third kappa shape index (κ3) is 4.08. The van der Waals surface area contributed by atoms with Gasteiger partial charge >= 0.3 is 5.97 Å². The fraction of sp³-hybridized carbons (Fsp3) is 0.909. The Morgan fingerprint density at radius 1 is 1.26 bits per heavy atom. The van der Waals surface area contributed by atoms with Gasteiger partial charge in [-0.3, -0.25) is 4.79 Å². The summed E-state index contributed by atoms with van der Waals surface area (Å²) in [6, 6.07) is -0.00328. The number of piperidine rings is 1. The lowest BCUT2D eigenvalue weighted by molar-refractivity contribution is -0.142. The molecule has 2 aliphatic heterocycles. The quantitative estimate of drug-likeness (QED) is 0.790. The smallest absolute Gasteiger partial charge is 0.307 e. The number of nitrogens with one attached hydrogen (secondary N) is 1. The van der Waals surface area contributed by atoms with Crippen LogP contribution in [0.15, 0.2) is 0 Å². The number of rotatable bonds is 4. The minimum Gasteiger partial charge on any atom is -0.481 e. The number of hydrogen-bond acceptors (Lipinski definition) is 4. The van der Waals surface area contributed by atoms with E-state index in [9.17, 15) is 13.2 Å². The number of hydrogen-bond donors (Lipinski definition) is 2. The maximum atomic E-state index is 12.2. The number of thioether (sulfide) groups is 1. The maximum absolute atomic E-state index is 12.2. The lowest BCUT2D eigenvalue weighted by Crippen LogP contribution is -2.50. The van der Waals surface area contributed by atoms with Crippen LogP contribution in [-0.2, 0) is 15.0 Å². The van der Waals surface area contributed by atoms with E-state index in [1.165, 1.54) is 4.31 Å². The van der Waals surface area contributed by atoms with Crippen molar-refractivity contribution in [3.05, 3.63) is 0 Å². The summed E-state index contributed by atoms with van der Waals surface area (Å²) < 4.78 is 28.5. The SMILES string of the molecule is O=C(O)C1CCCN(S(=O)(=O)NC2CCSCC2)C1. The lowest BCUT2D eigenvalue weighted by Gasteiger charge is -2.32. The van der Waals surface area contributed by atoms with Gasteiger partial charge in [0.2, 0.25) is 0 Å². The molecular weight excluding hydrogens is 288 g/mol. The van der Waals surface area contributed by atoms with Gasteiger partial charge < -0.3 is 5.11 Å². The zero-order valence-electron chi connectivity index (χ0n) is 10.7. The molecule has 0 aromatic carbocycles. The predicted molar refractivity (Wildman–Crippen MR) is 74.3 cm³/mol. The summed E-state index contributed by atoms with van der Waals surface area (Å²) in [5, 5.41) is 9.00. The van der Waals surface area contributed by atoms with Crippen molar-refractivity contribution in [1.29, 1.82) is 0 Å². The highest BCUT2D eigenvalue weighted by Gasteiger charge is 2.33. The largest absolute Gasteiger partial charge is 0.481 e. The first-order chi connectivity index (χ1) is 8.99. The number of aliphatic carboxylic acids is 1. The topological polar surface area (TPSA) is 86.7 Å². The van der Waals surface area contributed by atoms with Crippen molar-refractivity contribution in [1.82, 2.24) is 9.03 Å². The Labute approximate surface area is 118 Å². The van der Waals surface area contributed by atoms with Crippen molar-refractivity contribution < 1.29 is 18.3 Å². The standard InChI is InChI=1S/C11H20N2O4S2/c14-11(15)9-2-1-5-13(8-9)19(16,17)12-10-3-6-18-7-4-10/h9-10,12H,1-8H2,(H,14,15). The highest BCUT2D eigenvalue weighted by atomic mass is 32.2. The number of carboxylic acid groups (broad SMARTS) is 1. The summed E-state index contributed by atoms with van der Waals surface area (Å²) >= 11 is 1.84. The molecule has 0 amide bonds. The van der Waals surface area contributed by atoms with Gasteiger partial charge in [0.15, 0.2) is 0 Å². The first-order valence-electron chi connectivity index (χ1n) is 6.57. The molecular formula is C11H20N2O4S2. The normalized spacial score (nSPS) is 27.3. The molecule has 2 aliphatic rings. The van der Waals surface area contributed by atoms with Crippen LogP contribution < -0.4 is 4.72 Å². The van der Waals surface area contributed by atoms with Crippen molar-refractivity contribution in [2.45, 2.75) is 31.7 Å². The Balaban J connectivity index is 1.96. The highest BCUT2D eigenvalue weighted by molar-refractivity contribution is 7.99. The molecule has 19 heavy (non-hydrogen) atoms. The van der Waals surface area contributed by atoms with E-state index >= 15 is 0 Å². The van der Waals surface area contributed by atoms with E-state index < -0.39 is 22.1 Å². The van der Waals surface area contributed by atoms with Gasteiger partial charge in [-0.25, -0.2) is 0 Å². The minimum absolute atomic E-state index is 0.00328. The van der Waals surface area contributed by atoms with Crippen molar-refractivity contribution in [3.63, 3.8) is 0 Å². The Hall–Kier alpha value is -0.310. The minimum atomic E-state index is -3.54. The van der Waals surface area contributed by atoms with Gasteiger partial charge in [0.05, 0.1) is 5.92 Å². The average molecular weight is 308 g/mol. The first kappa shape index (κ1) is 15.1. The van der Waals surface area contributed by atoms with E-state index in [-0.39, 0.29) is 12.6 Å². The van der Waals surface area contributed by atoms with Gasteiger partial charge in [0.25, 0.3) is 10.2 Å². The van der Waals surface area contributed by atoms with Crippen LogP contribution in [0.25, 0.3) is 0 Å². The average Bonchev–Trinajstić information content (AvgIpc) is 2.39. The summed E-state index contributed by atoms with van der Waals surface area (Å²) in [6.07, 6.45) is 2.86. The molecule has 1 atom stereocenters. The van der Waals surface area contributed by atoms with E-state index in [2.05, 4.69) is 4.72 Å². The van der Waals surface area contributed by atoms with Crippen LogP contribution in [0.5, 0.6) is 0 Å². The summed E-state index contributed by atoms with van der Waals surface area (Å²) in [5.74, 6) is 0.469. The zero-order valence-corrected chi connectivity index (χ0v) is 12.4. The Kier molecular flexibility index (Phi) is 5.10. The fourth-order valence-corrected chi connectivity index (χ4v) is 5.12. The molecule has 6 nitrogen and oxygen atoms in total. The van der Waals surface area contributed by atoms with Gasteiger partial charge in [-0.2, -0.15) is 29.2 Å². The number of nitrogens with zero attached hydrogens (tertiary/aromatic N) is 1. The van der Waals surface area contributed by atoms with E-state index in [4.69, 9.17) is 5.11 Å². The van der Waals surface area contributed by atoms with Crippen molar-refractivity contribution in [2.75, 3.05) is 24.6 Å². The molecule has 2 saturated heterocycles. The molecule has 0 saturated carbocycles. The van der Waals surface area contributed by atoms with E-state index in [1.807, 2.05) is 11.8 Å². The molecule has 2 N–H and O–H groups in total. The summed E-state index contributed by atoms with van der Waals surface area (Å²) in [5.41, 5.74) is 0. The molecule has 2 heterocycles. The number of carboxylic acids is 1. The van der Waals surface area contributed by atoms with Gasteiger partial charge in [-0.05, 0) is 37.2 Å². The maximum Gasteiger partial charge on any atom is 0.307 e. The van der Waals surface area contributed by atoms with Crippen LogP contribution in [-0.4, -0.2) is 54.4 Å². The van der Waals surface area contributed by atoms with Crippen molar-refractivity contribution in [3.8, 4) is 0 Å². The molecule has 0 aromatic rings. The third-order valence-electron chi connectivity index (χ3n) is 3.61. The first-order valence-corrected chi connectivity index (χ1v) is 9.16. The van der Waals surface area contributed by atoms with Crippen molar-refractivity contribution >= 4 is 27.9 Å². The molecule has 110 valence electrons. The van der Waals surface area contributed by atoms with E-state index in [1.54, 1.807) is 0 Å². The summed E-state index contributed by atoms with van der Waals surface area (Å²) in [6.45, 7) is 0.507. The molecule has 8 heteroatoms. The van der Waals surface area contributed by atoms with Gasteiger partial charge in [-0.15, -0.1) is 0 Å². The van der Waals surface area contributed by atoms with Crippen LogP contribution >= 0.6 is 11.8 Å². The molecule has 1 unspecified atom stereocenters. The van der Waals surface area contributed by atoms with Crippen LogP contribution in [0.1, 0.15) is 25.7 Å². The Morgan fingerprint density at radius 3 is 2.58 bits per heavy atom. The molecule has 0 spiro atoms. The second-order valence-electron chi connectivity index (χ2n) is 5.04. The van der Waals surface area contributed by atoms with Gasteiger partial charge in [-0.1, -0.05) is 0 Å². The van der Waals surface area contributed by atoms with Crippen molar-refractivity contribution in [2.24, 2.45) is 5.92 Å². The van der Waals surface area contributed by atoms with Crippen LogP contribution in [0.4, 0.5) is 0 Å². The summed E-state index contributed by atoms with van der Waals surface area (Å²) in [4.78, 5) is 11.0. The molecule has 0 radical (unpaired) electrons.